The van der Waals surface area contributed by atoms with Gasteiger partial charge in [-0.1, -0.05) is 22.8 Å². The van der Waals surface area contributed by atoms with E-state index in [1.807, 2.05) is 0 Å². The van der Waals surface area contributed by atoms with Crippen molar-refractivity contribution in [3.05, 3.63) is 22.8 Å². The molecule has 0 heterocycles. The van der Waals surface area contributed by atoms with Crippen molar-refractivity contribution < 1.29 is 4.79 Å². The zero-order chi connectivity index (χ0) is 13.1. The standard InChI is InChI=1S/C16H26O/c1-12(2)7-6-9-16(15(5)17)10-8-13(3)14(4)11-16/h7H,6,8-11H2,1-5H3. The van der Waals surface area contributed by atoms with Crippen molar-refractivity contribution in [2.24, 2.45) is 5.41 Å². The summed E-state index contributed by atoms with van der Waals surface area (Å²) < 4.78 is 0. The van der Waals surface area contributed by atoms with Crippen molar-refractivity contribution in [1.82, 2.24) is 0 Å². The highest BCUT2D eigenvalue weighted by molar-refractivity contribution is 5.83. The van der Waals surface area contributed by atoms with Crippen LogP contribution in [-0.2, 0) is 4.79 Å². The van der Waals surface area contributed by atoms with Gasteiger partial charge in [0.1, 0.15) is 5.78 Å². The maximum Gasteiger partial charge on any atom is 0.136 e. The van der Waals surface area contributed by atoms with E-state index in [9.17, 15) is 4.79 Å². The largest absolute Gasteiger partial charge is 0.299 e. The topological polar surface area (TPSA) is 17.1 Å². The Morgan fingerprint density at radius 2 is 1.88 bits per heavy atom. The fourth-order valence-corrected chi connectivity index (χ4v) is 2.71. The van der Waals surface area contributed by atoms with E-state index in [2.05, 4.69) is 33.8 Å². The second-order valence-corrected chi connectivity index (χ2v) is 5.89. The smallest absolute Gasteiger partial charge is 0.136 e. The normalized spacial score (nSPS) is 24.8. The molecule has 0 aromatic carbocycles. The average molecular weight is 234 g/mol. The van der Waals surface area contributed by atoms with Crippen LogP contribution in [0, 0.1) is 5.41 Å². The molecule has 1 atom stereocenters. The Labute approximate surface area is 106 Å². The minimum Gasteiger partial charge on any atom is -0.299 e. The molecule has 1 aliphatic rings. The zero-order valence-electron chi connectivity index (χ0n) is 12.0. The molecule has 0 saturated heterocycles. The molecule has 1 nitrogen and oxygen atoms in total. The number of carbonyl (C=O) groups is 1. The lowest BCUT2D eigenvalue weighted by Crippen LogP contribution is -2.32. The minimum atomic E-state index is -0.0739. The van der Waals surface area contributed by atoms with E-state index in [1.54, 1.807) is 6.92 Å². The maximum absolute atomic E-state index is 12.0. The monoisotopic (exact) mass is 234 g/mol. The summed E-state index contributed by atoms with van der Waals surface area (Å²) in [5.41, 5.74) is 4.20. The Balaban J connectivity index is 2.79. The molecule has 1 aliphatic carbocycles. The highest BCUT2D eigenvalue weighted by Gasteiger charge is 2.37. The van der Waals surface area contributed by atoms with E-state index >= 15 is 0 Å². The number of allylic oxidation sites excluding steroid dienone is 4. The first-order valence-corrected chi connectivity index (χ1v) is 6.67. The quantitative estimate of drug-likeness (QED) is 0.637. The van der Waals surface area contributed by atoms with Crippen LogP contribution in [0.3, 0.4) is 0 Å². The number of hydrogen-bond donors (Lipinski definition) is 0. The number of hydrogen-bond acceptors (Lipinski definition) is 1. The summed E-state index contributed by atoms with van der Waals surface area (Å²) in [6.45, 7) is 10.4. The number of ketones is 1. The molecular formula is C16H26O. The Morgan fingerprint density at radius 3 is 2.35 bits per heavy atom. The van der Waals surface area contributed by atoms with Gasteiger partial charge in [-0.2, -0.15) is 0 Å². The van der Waals surface area contributed by atoms with Crippen LogP contribution in [0.5, 0.6) is 0 Å². The summed E-state index contributed by atoms with van der Waals surface area (Å²) >= 11 is 0. The van der Waals surface area contributed by atoms with Crippen LogP contribution in [0.25, 0.3) is 0 Å². The van der Waals surface area contributed by atoms with E-state index in [4.69, 9.17) is 0 Å². The van der Waals surface area contributed by atoms with Gasteiger partial charge in [-0.05, 0) is 66.7 Å². The predicted octanol–water partition coefficient (Wildman–Crippen LogP) is 4.83. The molecule has 0 amide bonds. The van der Waals surface area contributed by atoms with Crippen LogP contribution in [0.2, 0.25) is 0 Å². The molecule has 0 N–H and O–H groups in total. The summed E-state index contributed by atoms with van der Waals surface area (Å²) in [6, 6.07) is 0. The van der Waals surface area contributed by atoms with E-state index in [0.717, 1.165) is 32.1 Å². The van der Waals surface area contributed by atoms with Gasteiger partial charge < -0.3 is 0 Å². The second-order valence-electron chi connectivity index (χ2n) is 5.89. The molecule has 0 aromatic heterocycles. The lowest BCUT2D eigenvalue weighted by Gasteiger charge is -2.36. The lowest BCUT2D eigenvalue weighted by molar-refractivity contribution is -0.127. The van der Waals surface area contributed by atoms with Crippen LogP contribution < -0.4 is 0 Å². The van der Waals surface area contributed by atoms with Crippen LogP contribution in [0.4, 0.5) is 0 Å². The van der Waals surface area contributed by atoms with Crippen molar-refractivity contribution in [1.29, 1.82) is 0 Å². The Hall–Kier alpha value is -0.850. The number of rotatable bonds is 4. The molecule has 96 valence electrons. The molecule has 0 fully saturated rings. The summed E-state index contributed by atoms with van der Waals surface area (Å²) in [4.78, 5) is 12.0. The molecule has 1 rings (SSSR count). The second kappa shape index (κ2) is 5.66. The molecule has 0 saturated carbocycles. The van der Waals surface area contributed by atoms with Gasteiger partial charge in [-0.3, -0.25) is 4.79 Å². The SMILES string of the molecule is CC(=O)C1(CCC=C(C)C)CCC(C)=C(C)C1. The maximum atomic E-state index is 12.0. The van der Waals surface area contributed by atoms with E-state index in [1.165, 1.54) is 16.7 Å². The molecule has 0 radical (unpaired) electrons. The van der Waals surface area contributed by atoms with Crippen LogP contribution >= 0.6 is 0 Å². The van der Waals surface area contributed by atoms with Gasteiger partial charge in [0.15, 0.2) is 0 Å². The van der Waals surface area contributed by atoms with Gasteiger partial charge in [0.05, 0.1) is 0 Å². The summed E-state index contributed by atoms with van der Waals surface area (Å²) in [7, 11) is 0. The molecule has 0 spiro atoms. The van der Waals surface area contributed by atoms with Gasteiger partial charge in [0, 0.05) is 5.41 Å². The fourth-order valence-electron chi connectivity index (χ4n) is 2.71. The van der Waals surface area contributed by atoms with Crippen molar-refractivity contribution in [2.75, 3.05) is 0 Å². The molecule has 0 aromatic rings. The Bertz CT molecular complexity index is 356. The van der Waals surface area contributed by atoms with Crippen LogP contribution in [0.1, 0.15) is 66.7 Å². The van der Waals surface area contributed by atoms with Gasteiger partial charge in [0.25, 0.3) is 0 Å². The first kappa shape index (κ1) is 14.2. The third-order valence-electron chi connectivity index (χ3n) is 4.23. The fraction of sp³-hybridized carbons (Fsp3) is 0.688. The third-order valence-corrected chi connectivity index (χ3v) is 4.23. The summed E-state index contributed by atoms with van der Waals surface area (Å²) in [5, 5.41) is 0. The zero-order valence-corrected chi connectivity index (χ0v) is 12.0. The molecule has 0 aliphatic heterocycles. The minimum absolute atomic E-state index is 0.0739. The third kappa shape index (κ3) is 3.55. The van der Waals surface area contributed by atoms with E-state index in [0.29, 0.717) is 5.78 Å². The molecule has 1 heteroatoms. The predicted molar refractivity (Wildman–Crippen MR) is 74.0 cm³/mol. The Kier molecular flexibility index (Phi) is 4.73. The molecular weight excluding hydrogens is 208 g/mol. The van der Waals surface area contributed by atoms with Gasteiger partial charge in [-0.15, -0.1) is 0 Å². The molecule has 17 heavy (non-hydrogen) atoms. The van der Waals surface area contributed by atoms with Crippen LogP contribution in [0.15, 0.2) is 22.8 Å². The first-order chi connectivity index (χ1) is 7.87. The van der Waals surface area contributed by atoms with Crippen molar-refractivity contribution >= 4 is 5.78 Å². The summed E-state index contributed by atoms with van der Waals surface area (Å²) in [6.07, 6.45) is 7.42. The highest BCUT2D eigenvalue weighted by Crippen LogP contribution is 2.43. The first-order valence-electron chi connectivity index (χ1n) is 6.67. The van der Waals surface area contributed by atoms with Crippen LogP contribution in [-0.4, -0.2) is 5.78 Å². The van der Waals surface area contributed by atoms with Crippen molar-refractivity contribution in [3.8, 4) is 0 Å². The van der Waals surface area contributed by atoms with Gasteiger partial charge >= 0.3 is 0 Å². The summed E-state index contributed by atoms with van der Waals surface area (Å²) in [5.74, 6) is 0.381. The van der Waals surface area contributed by atoms with Crippen molar-refractivity contribution in [3.63, 3.8) is 0 Å². The van der Waals surface area contributed by atoms with Gasteiger partial charge in [0.2, 0.25) is 0 Å². The Morgan fingerprint density at radius 1 is 1.24 bits per heavy atom. The van der Waals surface area contributed by atoms with E-state index < -0.39 is 0 Å². The van der Waals surface area contributed by atoms with Gasteiger partial charge in [-0.25, -0.2) is 0 Å². The average Bonchev–Trinajstić information content (AvgIpc) is 2.22. The van der Waals surface area contributed by atoms with Crippen molar-refractivity contribution in [2.45, 2.75) is 66.7 Å². The molecule has 1 unspecified atom stereocenters. The number of Topliss-reactive ketones (excluding diaryl/α,β-unsaturated/α-hetero) is 1. The lowest BCUT2D eigenvalue weighted by atomic mass is 9.67. The highest BCUT2D eigenvalue weighted by atomic mass is 16.1. The number of carbonyl (C=O) groups excluding carboxylic acids is 1. The molecule has 0 bridgehead atoms. The van der Waals surface area contributed by atoms with E-state index in [-0.39, 0.29) is 5.41 Å².